The molecule has 8 nitrogen and oxygen atoms in total. The first-order valence-corrected chi connectivity index (χ1v) is 12.1. The second-order valence-corrected chi connectivity index (χ2v) is 10.7. The monoisotopic (exact) mass is 516 g/mol. The van der Waals surface area contributed by atoms with Crippen molar-refractivity contribution in [2.75, 3.05) is 19.0 Å². The number of nitrogens with one attached hydrogen (secondary N) is 1. The van der Waals surface area contributed by atoms with Gasteiger partial charge in [-0.3, -0.25) is 4.79 Å². The van der Waals surface area contributed by atoms with E-state index in [1.807, 2.05) is 16.7 Å². The topological polar surface area (TPSA) is 102 Å². The molecule has 0 radical (unpaired) electrons. The number of aliphatic hydroxyl groups excluding tert-OH is 2. The molecule has 1 aliphatic carbocycles. The van der Waals surface area contributed by atoms with E-state index in [0.717, 1.165) is 16.6 Å². The fraction of sp³-hybridized carbons (Fsp3) is 0.444. The van der Waals surface area contributed by atoms with Gasteiger partial charge in [-0.25, -0.2) is 0 Å². The zero-order chi connectivity index (χ0) is 26.8. The van der Waals surface area contributed by atoms with E-state index in [4.69, 9.17) is 4.74 Å². The molecule has 0 spiro atoms. The Morgan fingerprint density at radius 1 is 1.16 bits per heavy atom. The molecule has 1 unspecified atom stereocenters. The molecule has 37 heavy (non-hydrogen) atoms. The van der Waals surface area contributed by atoms with Gasteiger partial charge in [0.1, 0.15) is 5.75 Å². The van der Waals surface area contributed by atoms with E-state index in [1.54, 1.807) is 12.1 Å². The van der Waals surface area contributed by atoms with Crippen LogP contribution in [-0.4, -0.2) is 46.8 Å². The van der Waals surface area contributed by atoms with Gasteiger partial charge < -0.3 is 34.3 Å². The zero-order valence-corrected chi connectivity index (χ0v) is 21.1. The van der Waals surface area contributed by atoms with Gasteiger partial charge in [-0.2, -0.15) is 0 Å². The van der Waals surface area contributed by atoms with Crippen LogP contribution < -0.4 is 19.5 Å². The summed E-state index contributed by atoms with van der Waals surface area (Å²) < 4.78 is 43.6. The molecule has 198 valence electrons. The number of ether oxygens (including phenoxy) is 3. The Balaban J connectivity index is 1.48. The minimum absolute atomic E-state index is 0.0642. The van der Waals surface area contributed by atoms with Crippen molar-refractivity contribution in [1.29, 1.82) is 0 Å². The van der Waals surface area contributed by atoms with Gasteiger partial charge >= 0.3 is 6.29 Å². The second-order valence-electron chi connectivity index (χ2n) is 10.7. The highest BCUT2D eigenvalue weighted by atomic mass is 19.3. The molecular weight excluding hydrogens is 486 g/mol. The lowest BCUT2D eigenvalue weighted by atomic mass is 9.92. The van der Waals surface area contributed by atoms with Crippen LogP contribution in [0.4, 0.5) is 14.5 Å². The summed E-state index contributed by atoms with van der Waals surface area (Å²) in [6.07, 6.45) is -3.53. The summed E-state index contributed by atoms with van der Waals surface area (Å²) in [5, 5.41) is 23.4. The largest absolute Gasteiger partial charge is 0.586 e. The minimum atomic E-state index is -3.72. The molecule has 1 aliphatic heterocycles. The van der Waals surface area contributed by atoms with Crippen LogP contribution in [0.3, 0.4) is 0 Å². The lowest BCUT2D eigenvalue weighted by molar-refractivity contribution is -0.286. The zero-order valence-electron chi connectivity index (χ0n) is 21.1. The third-order valence-corrected chi connectivity index (χ3v) is 6.95. The fourth-order valence-corrected chi connectivity index (χ4v) is 4.95. The summed E-state index contributed by atoms with van der Waals surface area (Å²) in [7, 11) is 1.53. The first kappa shape index (κ1) is 25.3. The van der Waals surface area contributed by atoms with Gasteiger partial charge in [-0.15, -0.1) is 8.78 Å². The van der Waals surface area contributed by atoms with Gasteiger partial charge in [-0.05, 0) is 42.7 Å². The summed E-state index contributed by atoms with van der Waals surface area (Å²) in [6, 6.07) is 9.99. The Bertz CT molecular complexity index is 1370. The number of anilines is 1. The van der Waals surface area contributed by atoms with Crippen LogP contribution in [0.15, 0.2) is 36.4 Å². The highest BCUT2D eigenvalue weighted by Gasteiger charge is 2.53. The number of methoxy groups -OCH3 is 1. The Morgan fingerprint density at radius 2 is 1.86 bits per heavy atom. The van der Waals surface area contributed by atoms with Crippen molar-refractivity contribution in [3.63, 3.8) is 0 Å². The van der Waals surface area contributed by atoms with Crippen LogP contribution in [0.5, 0.6) is 17.2 Å². The number of aromatic nitrogens is 1. The van der Waals surface area contributed by atoms with Gasteiger partial charge in [0, 0.05) is 28.2 Å². The summed E-state index contributed by atoms with van der Waals surface area (Å²) in [6.45, 7) is 5.96. The van der Waals surface area contributed by atoms with E-state index in [1.165, 1.54) is 19.2 Å². The van der Waals surface area contributed by atoms with Gasteiger partial charge in [0.25, 0.3) is 0 Å². The quantitative estimate of drug-likeness (QED) is 0.433. The lowest BCUT2D eigenvalue weighted by Gasteiger charge is -2.24. The number of alkyl halides is 2. The van der Waals surface area contributed by atoms with Gasteiger partial charge in [-0.1, -0.05) is 26.8 Å². The molecule has 2 aromatic carbocycles. The normalized spacial score (nSPS) is 18.1. The molecule has 1 amide bonds. The highest BCUT2D eigenvalue weighted by molar-refractivity contribution is 6.03. The Hall–Kier alpha value is -3.37. The number of halogens is 2. The maximum Gasteiger partial charge on any atom is 0.586 e. The van der Waals surface area contributed by atoms with E-state index in [2.05, 4.69) is 35.6 Å². The fourth-order valence-electron chi connectivity index (χ4n) is 4.95. The second kappa shape index (κ2) is 8.59. The van der Waals surface area contributed by atoms with Crippen molar-refractivity contribution in [3.05, 3.63) is 47.7 Å². The number of hydrogen-bond donors (Lipinski definition) is 3. The van der Waals surface area contributed by atoms with Gasteiger partial charge in [0.15, 0.2) is 11.5 Å². The molecule has 5 rings (SSSR count). The van der Waals surface area contributed by atoms with E-state index in [-0.39, 0.29) is 36.0 Å². The SMILES string of the molecule is COc1cc(NC(=O)C2(c3ccc4c(c3)OC(F)(F)O4)CC2)cc2cc(C(C)(C)C)n(CC(O)CO)c12. The first-order chi connectivity index (χ1) is 17.4. The van der Waals surface area contributed by atoms with Crippen molar-refractivity contribution >= 4 is 22.5 Å². The maximum atomic E-state index is 13.5. The molecule has 1 aromatic heterocycles. The molecule has 1 fully saturated rings. The van der Waals surface area contributed by atoms with E-state index in [9.17, 15) is 23.8 Å². The molecule has 0 bridgehead atoms. The number of aliphatic hydroxyl groups is 2. The van der Waals surface area contributed by atoms with Crippen LogP contribution in [0.2, 0.25) is 0 Å². The number of amides is 1. The number of hydrogen-bond acceptors (Lipinski definition) is 6. The minimum Gasteiger partial charge on any atom is -0.494 e. The molecule has 1 atom stereocenters. The molecule has 3 N–H and O–H groups in total. The summed E-state index contributed by atoms with van der Waals surface area (Å²) >= 11 is 0. The first-order valence-electron chi connectivity index (χ1n) is 12.1. The highest BCUT2D eigenvalue weighted by Crippen LogP contribution is 2.52. The number of carbonyl (C=O) groups is 1. The molecule has 1 saturated carbocycles. The third-order valence-electron chi connectivity index (χ3n) is 6.95. The van der Waals surface area contributed by atoms with Crippen LogP contribution in [-0.2, 0) is 22.2 Å². The number of fused-ring (bicyclic) bond motifs is 2. The van der Waals surface area contributed by atoms with Crippen molar-refractivity contribution in [2.24, 2.45) is 0 Å². The summed E-state index contributed by atoms with van der Waals surface area (Å²) in [5.41, 5.74) is 1.66. The standard InChI is InChI=1S/C27H30F2N2O6/c1-25(2,3)22-10-15-9-17(12-21(35-4)23(15)31(22)13-18(33)14-32)30-24(34)26(7-8-26)16-5-6-19-20(11-16)37-27(28,29)36-19/h5-6,9-12,18,32-33H,7-8,13-14H2,1-4H3,(H,30,34). The molecule has 3 aromatic rings. The average Bonchev–Trinajstić information content (AvgIpc) is 3.46. The van der Waals surface area contributed by atoms with E-state index in [0.29, 0.717) is 29.8 Å². The lowest BCUT2D eigenvalue weighted by Crippen LogP contribution is -2.28. The number of nitrogens with zero attached hydrogens (tertiary/aromatic N) is 1. The number of rotatable bonds is 7. The van der Waals surface area contributed by atoms with Crippen molar-refractivity contribution in [3.8, 4) is 17.2 Å². The van der Waals surface area contributed by atoms with Gasteiger partial charge in [0.2, 0.25) is 5.91 Å². The van der Waals surface area contributed by atoms with Crippen molar-refractivity contribution in [2.45, 2.75) is 63.4 Å². The Kier molecular flexibility index (Phi) is 5.87. The smallest absolute Gasteiger partial charge is 0.494 e. The third kappa shape index (κ3) is 4.48. The Morgan fingerprint density at radius 3 is 2.49 bits per heavy atom. The average molecular weight is 517 g/mol. The maximum absolute atomic E-state index is 13.5. The summed E-state index contributed by atoms with van der Waals surface area (Å²) in [4.78, 5) is 13.4. The van der Waals surface area contributed by atoms with Crippen molar-refractivity contribution in [1.82, 2.24) is 4.57 Å². The van der Waals surface area contributed by atoms with Gasteiger partial charge in [0.05, 0.1) is 37.3 Å². The summed E-state index contributed by atoms with van der Waals surface area (Å²) in [5.74, 6) is 0.0886. The number of benzene rings is 2. The molecule has 10 heteroatoms. The van der Waals surface area contributed by atoms with Crippen LogP contribution >= 0.6 is 0 Å². The number of carbonyl (C=O) groups excluding carboxylic acids is 1. The van der Waals surface area contributed by atoms with Crippen LogP contribution in [0.1, 0.15) is 44.9 Å². The Labute approximate surface area is 212 Å². The predicted molar refractivity (Wildman–Crippen MR) is 132 cm³/mol. The molecule has 2 heterocycles. The van der Waals surface area contributed by atoms with E-state index < -0.39 is 17.8 Å². The predicted octanol–water partition coefficient (Wildman–Crippen LogP) is 4.29. The van der Waals surface area contributed by atoms with Crippen LogP contribution in [0.25, 0.3) is 10.9 Å². The molecule has 0 saturated heterocycles. The molecular formula is C27H30F2N2O6. The van der Waals surface area contributed by atoms with Crippen LogP contribution in [0, 0.1) is 0 Å². The molecule has 2 aliphatic rings. The van der Waals surface area contributed by atoms with E-state index >= 15 is 0 Å². The van der Waals surface area contributed by atoms with Crippen molar-refractivity contribution < 1.29 is 38.0 Å².